The van der Waals surface area contributed by atoms with E-state index in [9.17, 15) is 4.79 Å². The molecule has 1 aromatic heterocycles. The highest BCUT2D eigenvalue weighted by molar-refractivity contribution is 5.92. The number of hydrogen-bond acceptors (Lipinski definition) is 3. The molecule has 0 saturated heterocycles. The molecule has 76 valence electrons. The van der Waals surface area contributed by atoms with Gasteiger partial charge in [-0.15, -0.1) is 0 Å². The Morgan fingerprint density at radius 2 is 2.50 bits per heavy atom. The van der Waals surface area contributed by atoms with Crippen molar-refractivity contribution in [2.45, 2.75) is 26.4 Å². The fourth-order valence-corrected chi connectivity index (χ4v) is 0.793. The van der Waals surface area contributed by atoms with Crippen LogP contribution in [0.15, 0.2) is 24.5 Å². The first kappa shape index (κ1) is 10.7. The first-order chi connectivity index (χ1) is 6.74. The molecule has 14 heavy (non-hydrogen) atoms. The smallest absolute Gasteiger partial charge is 0.270 e. The number of pyridine rings is 1. The lowest BCUT2D eigenvalue weighted by molar-refractivity contribution is -0.00900. The quantitative estimate of drug-likeness (QED) is 0.740. The van der Waals surface area contributed by atoms with E-state index in [1.54, 1.807) is 18.3 Å². The molecule has 1 heterocycles. The van der Waals surface area contributed by atoms with Gasteiger partial charge in [-0.2, -0.15) is 0 Å². The highest BCUT2D eigenvalue weighted by Crippen LogP contribution is 1.97. The fourth-order valence-electron chi connectivity index (χ4n) is 0.793. The maximum absolute atomic E-state index is 11.4. The summed E-state index contributed by atoms with van der Waals surface area (Å²) in [6.45, 7) is 3.88. The predicted octanol–water partition coefficient (Wildman–Crippen LogP) is 1.54. The number of rotatable bonds is 4. The molecule has 0 saturated carbocycles. The Morgan fingerprint density at radius 3 is 3.07 bits per heavy atom. The van der Waals surface area contributed by atoms with E-state index in [0.717, 1.165) is 6.42 Å². The zero-order chi connectivity index (χ0) is 10.4. The van der Waals surface area contributed by atoms with Crippen LogP contribution in [0.5, 0.6) is 0 Å². The van der Waals surface area contributed by atoms with E-state index in [2.05, 4.69) is 10.5 Å². The second kappa shape index (κ2) is 5.34. The summed E-state index contributed by atoms with van der Waals surface area (Å²) in [5, 5.41) is 0. The Hall–Kier alpha value is -1.42. The molecule has 1 N–H and O–H groups in total. The van der Waals surface area contributed by atoms with Crippen molar-refractivity contribution in [2.75, 3.05) is 0 Å². The molecule has 0 aromatic carbocycles. The number of hydrogen-bond donors (Lipinski definition) is 1. The summed E-state index contributed by atoms with van der Waals surface area (Å²) in [6, 6.07) is 3.39. The zero-order valence-electron chi connectivity index (χ0n) is 8.36. The molecule has 4 nitrogen and oxygen atoms in total. The molecular weight excluding hydrogens is 180 g/mol. The molecule has 0 aliphatic carbocycles. The lowest BCUT2D eigenvalue weighted by atomic mass is 10.3. The standard InChI is InChI=1S/C10H14N2O2/c1-3-8(2)14-12-10(13)9-5-4-6-11-7-9/h4-8H,3H2,1-2H3,(H,12,13). The predicted molar refractivity (Wildman–Crippen MR) is 52.5 cm³/mol. The van der Waals surface area contributed by atoms with Gasteiger partial charge in [-0.05, 0) is 25.5 Å². The second-order valence-electron chi connectivity index (χ2n) is 3.01. The van der Waals surface area contributed by atoms with Gasteiger partial charge in [0, 0.05) is 12.4 Å². The van der Waals surface area contributed by atoms with Crippen molar-refractivity contribution in [1.29, 1.82) is 0 Å². The molecular formula is C10H14N2O2. The van der Waals surface area contributed by atoms with Gasteiger partial charge in [-0.25, -0.2) is 5.48 Å². The number of nitrogens with one attached hydrogen (secondary N) is 1. The molecule has 0 aliphatic heterocycles. The van der Waals surface area contributed by atoms with Crippen LogP contribution in [0, 0.1) is 0 Å². The molecule has 0 fully saturated rings. The molecule has 1 aromatic rings. The summed E-state index contributed by atoms with van der Waals surface area (Å²) in [4.78, 5) is 20.3. The van der Waals surface area contributed by atoms with Gasteiger partial charge in [-0.1, -0.05) is 6.92 Å². The lowest BCUT2D eigenvalue weighted by Crippen LogP contribution is -2.27. The molecule has 0 bridgehead atoms. The largest absolute Gasteiger partial charge is 0.276 e. The normalized spacial score (nSPS) is 12.1. The molecule has 0 radical (unpaired) electrons. The van der Waals surface area contributed by atoms with E-state index in [1.165, 1.54) is 6.20 Å². The fraction of sp³-hybridized carbons (Fsp3) is 0.400. The van der Waals surface area contributed by atoms with E-state index >= 15 is 0 Å². The molecule has 1 amide bonds. The Balaban J connectivity index is 2.44. The van der Waals surface area contributed by atoms with Crippen molar-refractivity contribution in [3.63, 3.8) is 0 Å². The van der Waals surface area contributed by atoms with Crippen LogP contribution >= 0.6 is 0 Å². The summed E-state index contributed by atoms with van der Waals surface area (Å²) >= 11 is 0. The number of carbonyl (C=O) groups is 1. The third-order valence-electron chi connectivity index (χ3n) is 1.85. The molecule has 0 aliphatic rings. The van der Waals surface area contributed by atoms with E-state index in [4.69, 9.17) is 4.84 Å². The SMILES string of the molecule is CCC(C)ONC(=O)c1cccnc1. The first-order valence-corrected chi connectivity index (χ1v) is 4.60. The van der Waals surface area contributed by atoms with Crippen LogP contribution < -0.4 is 5.48 Å². The van der Waals surface area contributed by atoms with Crippen molar-refractivity contribution in [2.24, 2.45) is 0 Å². The number of amides is 1. The minimum atomic E-state index is -0.265. The van der Waals surface area contributed by atoms with Gasteiger partial charge >= 0.3 is 0 Å². The molecule has 0 spiro atoms. The van der Waals surface area contributed by atoms with Crippen LogP contribution in [0.4, 0.5) is 0 Å². The third-order valence-corrected chi connectivity index (χ3v) is 1.85. The summed E-state index contributed by atoms with van der Waals surface area (Å²) in [6.07, 6.45) is 3.99. The van der Waals surface area contributed by atoms with Gasteiger partial charge < -0.3 is 0 Å². The number of nitrogens with zero attached hydrogens (tertiary/aromatic N) is 1. The summed E-state index contributed by atoms with van der Waals surface area (Å²) in [5.41, 5.74) is 2.87. The van der Waals surface area contributed by atoms with Crippen LogP contribution in [0.3, 0.4) is 0 Å². The van der Waals surface area contributed by atoms with Crippen LogP contribution in [0.1, 0.15) is 30.6 Å². The van der Waals surface area contributed by atoms with Gasteiger partial charge in [0.25, 0.3) is 5.91 Å². The van der Waals surface area contributed by atoms with E-state index < -0.39 is 0 Å². The highest BCUT2D eigenvalue weighted by Gasteiger charge is 2.06. The number of carbonyl (C=O) groups excluding carboxylic acids is 1. The molecule has 1 unspecified atom stereocenters. The monoisotopic (exact) mass is 194 g/mol. The topological polar surface area (TPSA) is 51.2 Å². The average Bonchev–Trinajstić information content (AvgIpc) is 2.26. The Bertz CT molecular complexity index is 287. The molecule has 4 heteroatoms. The van der Waals surface area contributed by atoms with Crippen molar-refractivity contribution in [3.8, 4) is 0 Å². The highest BCUT2D eigenvalue weighted by atomic mass is 16.7. The van der Waals surface area contributed by atoms with Gasteiger partial charge in [0.05, 0.1) is 11.7 Å². The summed E-state index contributed by atoms with van der Waals surface area (Å²) in [5.74, 6) is -0.265. The van der Waals surface area contributed by atoms with E-state index in [-0.39, 0.29) is 12.0 Å². The van der Waals surface area contributed by atoms with Gasteiger partial charge in [0.1, 0.15) is 0 Å². The average molecular weight is 194 g/mol. The van der Waals surface area contributed by atoms with Crippen molar-refractivity contribution in [3.05, 3.63) is 30.1 Å². The van der Waals surface area contributed by atoms with Crippen molar-refractivity contribution >= 4 is 5.91 Å². The van der Waals surface area contributed by atoms with Gasteiger partial charge in [0.15, 0.2) is 0 Å². The maximum atomic E-state index is 11.4. The zero-order valence-corrected chi connectivity index (χ0v) is 8.36. The van der Waals surface area contributed by atoms with E-state index in [1.807, 2.05) is 13.8 Å². The Labute approximate surface area is 83.3 Å². The van der Waals surface area contributed by atoms with Crippen LogP contribution in [-0.2, 0) is 4.84 Å². The third kappa shape index (κ3) is 3.14. The summed E-state index contributed by atoms with van der Waals surface area (Å²) in [7, 11) is 0. The van der Waals surface area contributed by atoms with Gasteiger partial charge in [-0.3, -0.25) is 14.6 Å². The van der Waals surface area contributed by atoms with Crippen molar-refractivity contribution < 1.29 is 9.63 Å². The Kier molecular flexibility index (Phi) is 4.07. The van der Waals surface area contributed by atoms with E-state index in [0.29, 0.717) is 5.56 Å². The summed E-state index contributed by atoms with van der Waals surface area (Å²) < 4.78 is 0. The minimum Gasteiger partial charge on any atom is -0.270 e. The number of hydroxylamine groups is 1. The molecule has 1 rings (SSSR count). The van der Waals surface area contributed by atoms with Gasteiger partial charge in [0.2, 0.25) is 0 Å². The lowest BCUT2D eigenvalue weighted by Gasteiger charge is -2.10. The van der Waals surface area contributed by atoms with Crippen LogP contribution in [-0.4, -0.2) is 17.0 Å². The molecule has 1 atom stereocenters. The van der Waals surface area contributed by atoms with Crippen molar-refractivity contribution in [1.82, 2.24) is 10.5 Å². The second-order valence-corrected chi connectivity index (χ2v) is 3.01. The Morgan fingerprint density at radius 1 is 1.71 bits per heavy atom. The first-order valence-electron chi connectivity index (χ1n) is 4.60. The number of aromatic nitrogens is 1. The van der Waals surface area contributed by atoms with Crippen LogP contribution in [0.2, 0.25) is 0 Å². The minimum absolute atomic E-state index is 0.0237. The van der Waals surface area contributed by atoms with Crippen LogP contribution in [0.25, 0.3) is 0 Å². The maximum Gasteiger partial charge on any atom is 0.276 e.